The van der Waals surface area contributed by atoms with Gasteiger partial charge in [0, 0.05) is 24.7 Å². The van der Waals surface area contributed by atoms with Gasteiger partial charge < -0.3 is 10.2 Å². The lowest BCUT2D eigenvalue weighted by Crippen LogP contribution is -2.53. The molecule has 0 unspecified atom stereocenters. The lowest BCUT2D eigenvalue weighted by molar-refractivity contribution is -0.384. The number of hydrogen-bond acceptors (Lipinski definition) is 6. The van der Waals surface area contributed by atoms with E-state index < -0.39 is 33.4 Å². The van der Waals surface area contributed by atoms with Crippen molar-refractivity contribution in [3.8, 4) is 0 Å². The Bertz CT molecular complexity index is 1480. The molecule has 0 aromatic heterocycles. The maximum absolute atomic E-state index is 14.1. The molecule has 0 bridgehead atoms. The number of nitro groups is 1. The number of aryl methyl sites for hydroxylation is 1. The summed E-state index contributed by atoms with van der Waals surface area (Å²) in [5.74, 6) is -0.956. The Labute approximate surface area is 241 Å². The molecule has 0 radical (unpaired) electrons. The van der Waals surface area contributed by atoms with Gasteiger partial charge in [0.1, 0.15) is 12.6 Å². The molecule has 3 rings (SSSR count). The average Bonchev–Trinajstić information content (AvgIpc) is 2.96. The van der Waals surface area contributed by atoms with E-state index in [9.17, 15) is 28.1 Å². The van der Waals surface area contributed by atoms with Crippen LogP contribution in [0.4, 0.5) is 11.4 Å². The van der Waals surface area contributed by atoms with Crippen molar-refractivity contribution in [2.45, 2.75) is 64.1 Å². The van der Waals surface area contributed by atoms with E-state index in [4.69, 9.17) is 0 Å². The van der Waals surface area contributed by atoms with E-state index in [2.05, 4.69) is 5.32 Å². The summed E-state index contributed by atoms with van der Waals surface area (Å²) in [5.41, 5.74) is 1.36. The van der Waals surface area contributed by atoms with Gasteiger partial charge in [-0.1, -0.05) is 62.4 Å². The Morgan fingerprint density at radius 2 is 1.61 bits per heavy atom. The van der Waals surface area contributed by atoms with Gasteiger partial charge in [0.05, 0.1) is 15.5 Å². The third kappa shape index (κ3) is 7.69. The highest BCUT2D eigenvalue weighted by molar-refractivity contribution is 7.92. The van der Waals surface area contributed by atoms with Crippen LogP contribution in [0.15, 0.2) is 83.8 Å². The minimum absolute atomic E-state index is 0.0376. The molecule has 41 heavy (non-hydrogen) atoms. The number of hydrogen-bond donors (Lipinski definition) is 1. The van der Waals surface area contributed by atoms with Gasteiger partial charge in [-0.3, -0.25) is 24.0 Å². The van der Waals surface area contributed by atoms with Crippen LogP contribution in [0.5, 0.6) is 0 Å². The second-order valence-electron chi connectivity index (χ2n) is 9.79. The largest absolute Gasteiger partial charge is 0.352 e. The predicted molar refractivity (Wildman–Crippen MR) is 158 cm³/mol. The molecule has 3 aromatic rings. The van der Waals surface area contributed by atoms with E-state index in [0.29, 0.717) is 12.8 Å². The lowest BCUT2D eigenvalue weighted by Gasteiger charge is -2.34. The van der Waals surface area contributed by atoms with Crippen LogP contribution < -0.4 is 9.62 Å². The smallest absolute Gasteiger partial charge is 0.271 e. The molecule has 2 amide bonds. The molecule has 1 N–H and O–H groups in total. The van der Waals surface area contributed by atoms with Gasteiger partial charge in [0.2, 0.25) is 11.8 Å². The van der Waals surface area contributed by atoms with Crippen molar-refractivity contribution in [2.75, 3.05) is 10.8 Å². The fraction of sp³-hybridized carbons (Fsp3) is 0.333. The SMILES string of the molecule is CC[C@@H](C)NC(=O)[C@H](CC)N(Cc1ccccc1C)C(=O)CN(c1cccc([N+](=O)[O-])c1)S(=O)(=O)c1ccccc1. The Kier molecular flexibility index (Phi) is 10.6. The number of benzene rings is 3. The van der Waals surface area contributed by atoms with Gasteiger partial charge >= 0.3 is 0 Å². The fourth-order valence-corrected chi connectivity index (χ4v) is 5.77. The third-order valence-corrected chi connectivity index (χ3v) is 8.72. The Hall–Kier alpha value is -4.25. The molecule has 0 saturated heterocycles. The zero-order chi connectivity index (χ0) is 30.2. The van der Waals surface area contributed by atoms with Gasteiger partial charge in [0.25, 0.3) is 15.7 Å². The summed E-state index contributed by atoms with van der Waals surface area (Å²) in [7, 11) is -4.32. The molecular formula is C30H36N4O6S. The number of nitrogens with zero attached hydrogens (tertiary/aromatic N) is 3. The molecule has 2 atom stereocenters. The molecule has 218 valence electrons. The summed E-state index contributed by atoms with van der Waals surface area (Å²) in [6.07, 6.45) is 0.992. The first-order valence-electron chi connectivity index (χ1n) is 13.5. The predicted octanol–water partition coefficient (Wildman–Crippen LogP) is 4.82. The monoisotopic (exact) mass is 580 g/mol. The summed E-state index contributed by atoms with van der Waals surface area (Å²) in [6.45, 7) is 6.90. The van der Waals surface area contributed by atoms with Crippen LogP contribution in [0.1, 0.15) is 44.7 Å². The molecule has 0 spiro atoms. The van der Waals surface area contributed by atoms with Crippen LogP contribution in [0.2, 0.25) is 0 Å². The van der Waals surface area contributed by atoms with Gasteiger partial charge in [-0.2, -0.15) is 0 Å². The molecule has 0 fully saturated rings. The average molecular weight is 581 g/mol. The number of sulfonamides is 1. The van der Waals surface area contributed by atoms with Crippen molar-refractivity contribution < 1.29 is 22.9 Å². The summed E-state index contributed by atoms with van der Waals surface area (Å²) in [6, 6.07) is 19.1. The molecular weight excluding hydrogens is 544 g/mol. The number of nitro benzene ring substituents is 1. The van der Waals surface area contributed by atoms with Crippen molar-refractivity contribution >= 4 is 33.2 Å². The molecule has 0 aliphatic heterocycles. The van der Waals surface area contributed by atoms with Crippen LogP contribution in [-0.4, -0.2) is 48.7 Å². The van der Waals surface area contributed by atoms with Gasteiger partial charge in [-0.25, -0.2) is 8.42 Å². The van der Waals surface area contributed by atoms with Gasteiger partial charge in [0.15, 0.2) is 0 Å². The normalized spacial score (nSPS) is 12.7. The van der Waals surface area contributed by atoms with Crippen molar-refractivity contribution in [1.29, 1.82) is 0 Å². The number of rotatable bonds is 13. The molecule has 3 aromatic carbocycles. The topological polar surface area (TPSA) is 130 Å². The first-order valence-corrected chi connectivity index (χ1v) is 14.9. The number of carbonyl (C=O) groups excluding carboxylic acids is 2. The zero-order valence-corrected chi connectivity index (χ0v) is 24.5. The fourth-order valence-electron chi connectivity index (χ4n) is 4.34. The highest BCUT2D eigenvalue weighted by atomic mass is 32.2. The van der Waals surface area contributed by atoms with E-state index >= 15 is 0 Å². The number of carbonyl (C=O) groups is 2. The zero-order valence-electron chi connectivity index (χ0n) is 23.7. The van der Waals surface area contributed by atoms with Crippen LogP contribution in [0, 0.1) is 17.0 Å². The third-order valence-electron chi connectivity index (χ3n) is 6.93. The highest BCUT2D eigenvalue weighted by Crippen LogP contribution is 2.28. The Morgan fingerprint density at radius 3 is 2.22 bits per heavy atom. The second-order valence-corrected chi connectivity index (χ2v) is 11.7. The number of amides is 2. The van der Waals surface area contributed by atoms with Crippen molar-refractivity contribution in [3.05, 3.63) is 100 Å². The van der Waals surface area contributed by atoms with E-state index in [-0.39, 0.29) is 34.8 Å². The molecule has 0 aliphatic carbocycles. The van der Waals surface area contributed by atoms with Crippen molar-refractivity contribution in [1.82, 2.24) is 10.2 Å². The van der Waals surface area contributed by atoms with Crippen molar-refractivity contribution in [3.63, 3.8) is 0 Å². The van der Waals surface area contributed by atoms with Crippen LogP contribution in [0.3, 0.4) is 0 Å². The summed E-state index contributed by atoms with van der Waals surface area (Å²) in [4.78, 5) is 39.6. The van der Waals surface area contributed by atoms with Gasteiger partial charge in [-0.15, -0.1) is 0 Å². The standard InChI is InChI=1S/C30H36N4O6S/c1-5-23(4)31-30(36)28(6-2)32(20-24-14-11-10-13-22(24)3)29(35)21-33(25-15-12-16-26(19-25)34(37)38)41(39,40)27-17-8-7-9-18-27/h7-19,23,28H,5-6,20-21H2,1-4H3,(H,31,36)/t23-,28+/m1/s1. The quantitative estimate of drug-likeness (QED) is 0.228. The first-order chi connectivity index (χ1) is 19.5. The minimum Gasteiger partial charge on any atom is -0.352 e. The minimum atomic E-state index is -4.32. The van der Waals surface area contributed by atoms with E-state index in [0.717, 1.165) is 21.5 Å². The van der Waals surface area contributed by atoms with E-state index in [1.165, 1.54) is 35.2 Å². The molecule has 10 nitrogen and oxygen atoms in total. The molecule has 0 aliphatic rings. The van der Waals surface area contributed by atoms with Crippen LogP contribution in [-0.2, 0) is 26.2 Å². The molecule has 11 heteroatoms. The maximum atomic E-state index is 14.1. The maximum Gasteiger partial charge on any atom is 0.271 e. The number of anilines is 1. The number of non-ortho nitro benzene ring substituents is 1. The Balaban J connectivity index is 2.10. The molecule has 0 saturated carbocycles. The number of nitrogens with one attached hydrogen (secondary N) is 1. The first kappa shape index (κ1) is 31.3. The Morgan fingerprint density at radius 1 is 0.951 bits per heavy atom. The van der Waals surface area contributed by atoms with Gasteiger partial charge in [-0.05, 0) is 56.0 Å². The summed E-state index contributed by atoms with van der Waals surface area (Å²) < 4.78 is 28.6. The summed E-state index contributed by atoms with van der Waals surface area (Å²) in [5, 5.41) is 14.4. The van der Waals surface area contributed by atoms with Crippen LogP contribution in [0.25, 0.3) is 0 Å². The van der Waals surface area contributed by atoms with Crippen molar-refractivity contribution in [2.24, 2.45) is 0 Å². The van der Waals surface area contributed by atoms with E-state index in [1.54, 1.807) is 25.1 Å². The lowest BCUT2D eigenvalue weighted by atomic mass is 10.1. The second kappa shape index (κ2) is 13.9. The molecule has 0 heterocycles. The highest BCUT2D eigenvalue weighted by Gasteiger charge is 2.34. The van der Waals surface area contributed by atoms with Crippen LogP contribution >= 0.6 is 0 Å². The van der Waals surface area contributed by atoms with E-state index in [1.807, 2.05) is 45.0 Å². The summed E-state index contributed by atoms with van der Waals surface area (Å²) >= 11 is 0.